The first-order chi connectivity index (χ1) is 10.9. The first-order valence-corrected chi connectivity index (χ1v) is 9.24. The van der Waals surface area contributed by atoms with Gasteiger partial charge in [0.2, 0.25) is 10.0 Å². The molecule has 2 heterocycles. The Morgan fingerprint density at radius 1 is 1.17 bits per heavy atom. The number of nitrogens with zero attached hydrogens (tertiary/aromatic N) is 1. The van der Waals surface area contributed by atoms with Crippen molar-refractivity contribution in [2.24, 2.45) is 0 Å². The standard InChI is InChI=1S/C15H12ClNO4S2/c1-17(9-11-3-6-14(16)22-11)23(19,20)12-4-5-13-10(8-12)2-7-15(18)21-13/h2-8H,9H2,1H3. The maximum Gasteiger partial charge on any atom is 0.336 e. The largest absolute Gasteiger partial charge is 0.423 e. The van der Waals surface area contributed by atoms with Crippen LogP contribution in [-0.2, 0) is 16.6 Å². The van der Waals surface area contributed by atoms with Crippen molar-refractivity contribution in [2.45, 2.75) is 11.4 Å². The van der Waals surface area contributed by atoms with Crippen molar-refractivity contribution in [3.05, 3.63) is 62.1 Å². The summed E-state index contributed by atoms with van der Waals surface area (Å²) in [6, 6.07) is 10.7. The van der Waals surface area contributed by atoms with Gasteiger partial charge in [-0.1, -0.05) is 11.6 Å². The quantitative estimate of drug-likeness (QED) is 0.661. The van der Waals surface area contributed by atoms with E-state index in [1.54, 1.807) is 18.2 Å². The Balaban J connectivity index is 1.95. The van der Waals surface area contributed by atoms with Gasteiger partial charge in [-0.25, -0.2) is 13.2 Å². The van der Waals surface area contributed by atoms with Crippen LogP contribution in [0.4, 0.5) is 0 Å². The number of sulfonamides is 1. The van der Waals surface area contributed by atoms with Crippen LogP contribution in [-0.4, -0.2) is 19.8 Å². The molecule has 0 aliphatic carbocycles. The average molecular weight is 370 g/mol. The van der Waals surface area contributed by atoms with Crippen LogP contribution in [0.15, 0.2) is 56.6 Å². The highest BCUT2D eigenvalue weighted by Gasteiger charge is 2.22. The summed E-state index contributed by atoms with van der Waals surface area (Å²) >= 11 is 7.21. The molecule has 0 saturated heterocycles. The Hall–Kier alpha value is -1.67. The zero-order valence-electron chi connectivity index (χ0n) is 12.0. The summed E-state index contributed by atoms with van der Waals surface area (Å²) in [6.07, 6.45) is 0. The zero-order chi connectivity index (χ0) is 16.6. The maximum absolute atomic E-state index is 12.7. The molecule has 0 radical (unpaired) electrons. The smallest absolute Gasteiger partial charge is 0.336 e. The van der Waals surface area contributed by atoms with Crippen LogP contribution in [0.5, 0.6) is 0 Å². The molecule has 0 atom stereocenters. The molecule has 120 valence electrons. The van der Waals surface area contributed by atoms with E-state index in [9.17, 15) is 13.2 Å². The van der Waals surface area contributed by atoms with E-state index in [1.165, 1.54) is 47.0 Å². The summed E-state index contributed by atoms with van der Waals surface area (Å²) in [4.78, 5) is 12.2. The molecule has 5 nitrogen and oxygen atoms in total. The normalized spacial score (nSPS) is 12.1. The molecule has 0 amide bonds. The third-order valence-corrected chi connectivity index (χ3v) is 6.32. The van der Waals surface area contributed by atoms with Gasteiger partial charge >= 0.3 is 5.63 Å². The molecule has 0 bridgehead atoms. The van der Waals surface area contributed by atoms with Crippen LogP contribution in [0, 0.1) is 0 Å². The summed E-state index contributed by atoms with van der Waals surface area (Å²) in [7, 11) is -2.14. The number of thiophene rings is 1. The highest BCUT2D eigenvalue weighted by atomic mass is 35.5. The second-order valence-corrected chi connectivity index (χ2v) is 8.77. The first-order valence-electron chi connectivity index (χ1n) is 6.61. The molecule has 0 aliphatic rings. The van der Waals surface area contributed by atoms with E-state index in [0.717, 1.165) is 4.88 Å². The molecule has 3 rings (SSSR count). The topological polar surface area (TPSA) is 67.6 Å². The molecular weight excluding hydrogens is 358 g/mol. The van der Waals surface area contributed by atoms with Gasteiger partial charge in [-0.05, 0) is 36.4 Å². The monoisotopic (exact) mass is 369 g/mol. The van der Waals surface area contributed by atoms with E-state index < -0.39 is 15.6 Å². The predicted molar refractivity (Wildman–Crippen MR) is 90.5 cm³/mol. The number of fused-ring (bicyclic) bond motifs is 1. The molecule has 8 heteroatoms. The third kappa shape index (κ3) is 3.32. The Bertz CT molecular complexity index is 1020. The Morgan fingerprint density at radius 2 is 1.96 bits per heavy atom. The average Bonchev–Trinajstić information content (AvgIpc) is 2.91. The van der Waals surface area contributed by atoms with E-state index in [4.69, 9.17) is 16.0 Å². The molecule has 23 heavy (non-hydrogen) atoms. The zero-order valence-corrected chi connectivity index (χ0v) is 14.4. The Labute approximate surface area is 141 Å². The minimum absolute atomic E-state index is 0.143. The van der Waals surface area contributed by atoms with Crippen molar-refractivity contribution in [3.63, 3.8) is 0 Å². The van der Waals surface area contributed by atoms with Crippen LogP contribution in [0.1, 0.15) is 4.88 Å². The molecule has 0 unspecified atom stereocenters. The minimum atomic E-state index is -3.65. The molecule has 0 aliphatic heterocycles. The molecule has 0 spiro atoms. The van der Waals surface area contributed by atoms with Crippen molar-refractivity contribution < 1.29 is 12.8 Å². The third-order valence-electron chi connectivity index (χ3n) is 3.31. The van der Waals surface area contributed by atoms with Crippen molar-refractivity contribution in [3.8, 4) is 0 Å². The first kappa shape index (κ1) is 16.2. The lowest BCUT2D eigenvalue weighted by molar-refractivity contribution is 0.469. The van der Waals surface area contributed by atoms with Gasteiger partial charge in [0, 0.05) is 29.9 Å². The number of halogens is 1. The van der Waals surface area contributed by atoms with Crippen molar-refractivity contribution in [2.75, 3.05) is 7.05 Å². The summed E-state index contributed by atoms with van der Waals surface area (Å²) in [5.74, 6) is 0. The van der Waals surface area contributed by atoms with Crippen molar-refractivity contribution >= 4 is 43.9 Å². The Kier molecular flexibility index (Phi) is 4.29. The van der Waals surface area contributed by atoms with Gasteiger partial charge in [0.25, 0.3) is 0 Å². The van der Waals surface area contributed by atoms with Crippen LogP contribution in [0.2, 0.25) is 4.34 Å². The van der Waals surface area contributed by atoms with Gasteiger partial charge in [-0.15, -0.1) is 11.3 Å². The fourth-order valence-corrected chi connectivity index (χ4v) is 4.54. The van der Waals surface area contributed by atoms with Gasteiger partial charge < -0.3 is 4.42 Å². The van der Waals surface area contributed by atoms with Gasteiger partial charge in [-0.3, -0.25) is 0 Å². The maximum atomic E-state index is 12.7. The van der Waals surface area contributed by atoms with Gasteiger partial charge in [0.05, 0.1) is 9.23 Å². The predicted octanol–water partition coefficient (Wildman–Crippen LogP) is 3.33. The molecule has 0 N–H and O–H groups in total. The van der Waals surface area contributed by atoms with Crippen molar-refractivity contribution in [1.82, 2.24) is 4.31 Å². The van der Waals surface area contributed by atoms with E-state index >= 15 is 0 Å². The van der Waals surface area contributed by atoms with Gasteiger partial charge in [0.15, 0.2) is 0 Å². The molecule has 3 aromatic rings. The van der Waals surface area contributed by atoms with Gasteiger partial charge in [-0.2, -0.15) is 4.31 Å². The lowest BCUT2D eigenvalue weighted by Crippen LogP contribution is -2.26. The van der Waals surface area contributed by atoms with E-state index in [1.807, 2.05) is 0 Å². The summed E-state index contributed by atoms with van der Waals surface area (Å²) in [5.41, 5.74) is -0.121. The summed E-state index contributed by atoms with van der Waals surface area (Å²) in [5, 5.41) is 0.554. The SMILES string of the molecule is CN(Cc1ccc(Cl)s1)S(=O)(=O)c1ccc2oc(=O)ccc2c1. The van der Waals surface area contributed by atoms with Crippen molar-refractivity contribution in [1.29, 1.82) is 0 Å². The van der Waals surface area contributed by atoms with Gasteiger partial charge in [0.1, 0.15) is 5.58 Å². The number of hydrogen-bond donors (Lipinski definition) is 0. The number of rotatable bonds is 4. The van der Waals surface area contributed by atoms with E-state index in [2.05, 4.69) is 0 Å². The molecule has 0 fully saturated rings. The Morgan fingerprint density at radius 3 is 2.65 bits per heavy atom. The van der Waals surface area contributed by atoms with E-state index in [-0.39, 0.29) is 11.4 Å². The van der Waals surface area contributed by atoms with Crippen LogP contribution in [0.25, 0.3) is 11.0 Å². The highest BCUT2D eigenvalue weighted by molar-refractivity contribution is 7.89. The molecule has 0 saturated carbocycles. The molecule has 1 aromatic carbocycles. The lowest BCUT2D eigenvalue weighted by atomic mass is 10.2. The number of benzene rings is 1. The molecule has 2 aromatic heterocycles. The summed E-state index contributed by atoms with van der Waals surface area (Å²) in [6.45, 7) is 0.238. The second kappa shape index (κ2) is 6.09. The molecular formula is C15H12ClNO4S2. The lowest BCUT2D eigenvalue weighted by Gasteiger charge is -2.16. The van der Waals surface area contributed by atoms with E-state index in [0.29, 0.717) is 15.3 Å². The summed E-state index contributed by atoms with van der Waals surface area (Å²) < 4.78 is 32.2. The van der Waals surface area contributed by atoms with Crippen LogP contribution < -0.4 is 5.63 Å². The van der Waals surface area contributed by atoms with Crippen LogP contribution in [0.3, 0.4) is 0 Å². The highest BCUT2D eigenvalue weighted by Crippen LogP contribution is 2.25. The fourth-order valence-electron chi connectivity index (χ4n) is 2.13. The second-order valence-electron chi connectivity index (χ2n) is 4.92. The minimum Gasteiger partial charge on any atom is -0.423 e. The fraction of sp³-hybridized carbons (Fsp3) is 0.133. The van der Waals surface area contributed by atoms with Crippen LogP contribution >= 0.6 is 22.9 Å². The number of hydrogen-bond acceptors (Lipinski definition) is 5.